The fourth-order valence-electron chi connectivity index (χ4n) is 3.22. The standard InChI is InChI=1S/C25H40N2O4/c1-4-6-7-8-9-10-14-17-23(28)26-22(18-19-24(29)27(3)5-2)25(30)31-20-21-15-12-11-13-16-21/h11-13,15-16,22H,4-10,14,17-20H2,1-3H3,(H,26,28). The summed E-state index contributed by atoms with van der Waals surface area (Å²) in [6.07, 6.45) is 8.70. The van der Waals surface area contributed by atoms with Crippen LogP contribution in [0.25, 0.3) is 0 Å². The molecule has 1 atom stereocenters. The van der Waals surface area contributed by atoms with Gasteiger partial charge in [-0.05, 0) is 25.3 Å². The van der Waals surface area contributed by atoms with E-state index in [0.29, 0.717) is 13.0 Å². The van der Waals surface area contributed by atoms with Crippen molar-refractivity contribution < 1.29 is 19.1 Å². The Bertz CT molecular complexity index is 648. The highest BCUT2D eigenvalue weighted by molar-refractivity contribution is 5.85. The van der Waals surface area contributed by atoms with Crippen molar-refractivity contribution in [2.24, 2.45) is 0 Å². The van der Waals surface area contributed by atoms with Crippen LogP contribution in [0.2, 0.25) is 0 Å². The summed E-state index contributed by atoms with van der Waals surface area (Å²) in [6, 6.07) is 8.60. The molecule has 1 unspecified atom stereocenters. The number of carbonyl (C=O) groups excluding carboxylic acids is 3. The van der Waals surface area contributed by atoms with Crippen LogP contribution in [-0.2, 0) is 25.7 Å². The molecule has 2 amide bonds. The number of unbranched alkanes of at least 4 members (excludes halogenated alkanes) is 6. The van der Waals surface area contributed by atoms with Gasteiger partial charge < -0.3 is 15.0 Å². The Hall–Kier alpha value is -2.37. The second-order valence-corrected chi connectivity index (χ2v) is 8.03. The van der Waals surface area contributed by atoms with Crippen molar-refractivity contribution in [1.29, 1.82) is 0 Å². The van der Waals surface area contributed by atoms with Gasteiger partial charge in [0.05, 0.1) is 0 Å². The molecular weight excluding hydrogens is 392 g/mol. The van der Waals surface area contributed by atoms with Gasteiger partial charge in [-0.25, -0.2) is 4.79 Å². The summed E-state index contributed by atoms with van der Waals surface area (Å²) in [5, 5.41) is 2.79. The first-order valence-corrected chi connectivity index (χ1v) is 11.7. The number of amides is 2. The number of hydrogen-bond donors (Lipinski definition) is 1. The van der Waals surface area contributed by atoms with Crippen LogP contribution >= 0.6 is 0 Å². The van der Waals surface area contributed by atoms with E-state index in [4.69, 9.17) is 4.74 Å². The number of hydrogen-bond acceptors (Lipinski definition) is 4. The van der Waals surface area contributed by atoms with Crippen molar-refractivity contribution in [3.05, 3.63) is 35.9 Å². The van der Waals surface area contributed by atoms with E-state index in [0.717, 1.165) is 24.8 Å². The Labute approximate surface area is 187 Å². The minimum Gasteiger partial charge on any atom is -0.459 e. The fraction of sp³-hybridized carbons (Fsp3) is 0.640. The number of nitrogens with one attached hydrogen (secondary N) is 1. The molecule has 0 heterocycles. The molecule has 0 aliphatic rings. The third-order valence-corrected chi connectivity index (χ3v) is 5.40. The summed E-state index contributed by atoms with van der Waals surface area (Å²) in [6.45, 7) is 4.84. The summed E-state index contributed by atoms with van der Waals surface area (Å²) < 4.78 is 5.41. The van der Waals surface area contributed by atoms with Crippen molar-refractivity contribution >= 4 is 17.8 Å². The molecule has 0 aliphatic carbocycles. The Kier molecular flexibility index (Phi) is 14.1. The van der Waals surface area contributed by atoms with Gasteiger partial charge in [-0.3, -0.25) is 9.59 Å². The Morgan fingerprint density at radius 1 is 0.935 bits per heavy atom. The predicted molar refractivity (Wildman–Crippen MR) is 123 cm³/mol. The van der Waals surface area contributed by atoms with E-state index >= 15 is 0 Å². The topological polar surface area (TPSA) is 75.7 Å². The normalized spacial score (nSPS) is 11.6. The van der Waals surface area contributed by atoms with Crippen LogP contribution in [0.5, 0.6) is 0 Å². The summed E-state index contributed by atoms with van der Waals surface area (Å²) >= 11 is 0. The number of nitrogens with zero attached hydrogens (tertiary/aromatic N) is 1. The molecule has 0 fully saturated rings. The minimum atomic E-state index is -0.810. The Balaban J connectivity index is 2.51. The van der Waals surface area contributed by atoms with Gasteiger partial charge in [0, 0.05) is 26.4 Å². The highest BCUT2D eigenvalue weighted by Crippen LogP contribution is 2.10. The lowest BCUT2D eigenvalue weighted by atomic mass is 10.1. The average Bonchev–Trinajstić information content (AvgIpc) is 2.79. The molecule has 1 aromatic rings. The van der Waals surface area contributed by atoms with Gasteiger partial charge in [0.15, 0.2) is 0 Å². The quantitative estimate of drug-likeness (QED) is 0.306. The molecule has 6 heteroatoms. The number of esters is 1. The molecule has 1 rings (SSSR count). The molecule has 0 saturated carbocycles. The smallest absolute Gasteiger partial charge is 0.328 e. The molecule has 0 saturated heterocycles. The molecule has 1 N–H and O–H groups in total. The van der Waals surface area contributed by atoms with Crippen molar-refractivity contribution in [1.82, 2.24) is 10.2 Å². The Morgan fingerprint density at radius 3 is 2.23 bits per heavy atom. The van der Waals surface area contributed by atoms with Gasteiger partial charge in [-0.2, -0.15) is 0 Å². The highest BCUT2D eigenvalue weighted by atomic mass is 16.5. The van der Waals surface area contributed by atoms with Crippen LogP contribution < -0.4 is 5.32 Å². The second kappa shape index (κ2) is 16.3. The van der Waals surface area contributed by atoms with Gasteiger partial charge in [0.25, 0.3) is 0 Å². The number of ether oxygens (including phenoxy) is 1. The van der Waals surface area contributed by atoms with E-state index in [-0.39, 0.29) is 31.3 Å². The van der Waals surface area contributed by atoms with Gasteiger partial charge in [0.2, 0.25) is 11.8 Å². The first kappa shape index (κ1) is 26.7. The lowest BCUT2D eigenvalue weighted by Crippen LogP contribution is -2.42. The van der Waals surface area contributed by atoms with Crippen molar-refractivity contribution in [3.63, 3.8) is 0 Å². The van der Waals surface area contributed by atoms with E-state index < -0.39 is 12.0 Å². The molecule has 31 heavy (non-hydrogen) atoms. The zero-order valence-electron chi connectivity index (χ0n) is 19.5. The maximum atomic E-state index is 12.6. The molecule has 6 nitrogen and oxygen atoms in total. The second-order valence-electron chi connectivity index (χ2n) is 8.03. The van der Waals surface area contributed by atoms with Crippen LogP contribution in [0.4, 0.5) is 0 Å². The van der Waals surface area contributed by atoms with Crippen LogP contribution in [0.3, 0.4) is 0 Å². The van der Waals surface area contributed by atoms with E-state index in [2.05, 4.69) is 12.2 Å². The summed E-state index contributed by atoms with van der Waals surface area (Å²) in [4.78, 5) is 38.8. The van der Waals surface area contributed by atoms with Crippen molar-refractivity contribution in [2.75, 3.05) is 13.6 Å². The highest BCUT2D eigenvalue weighted by Gasteiger charge is 2.24. The molecule has 0 aliphatic heterocycles. The predicted octanol–water partition coefficient (Wildman–Crippen LogP) is 4.61. The maximum absolute atomic E-state index is 12.6. The molecule has 0 bridgehead atoms. The van der Waals surface area contributed by atoms with Crippen molar-refractivity contribution in [3.8, 4) is 0 Å². The van der Waals surface area contributed by atoms with Crippen LogP contribution in [0.1, 0.15) is 83.6 Å². The zero-order chi connectivity index (χ0) is 22.9. The first-order chi connectivity index (χ1) is 15.0. The maximum Gasteiger partial charge on any atom is 0.328 e. The average molecular weight is 433 g/mol. The van der Waals surface area contributed by atoms with E-state index in [1.165, 1.54) is 25.7 Å². The number of benzene rings is 1. The third-order valence-electron chi connectivity index (χ3n) is 5.40. The number of carbonyl (C=O) groups is 3. The lowest BCUT2D eigenvalue weighted by molar-refractivity contribution is -0.149. The zero-order valence-corrected chi connectivity index (χ0v) is 19.5. The Morgan fingerprint density at radius 2 is 1.58 bits per heavy atom. The third kappa shape index (κ3) is 12.2. The largest absolute Gasteiger partial charge is 0.459 e. The molecule has 1 aromatic carbocycles. The molecule has 0 spiro atoms. The van der Waals surface area contributed by atoms with Gasteiger partial charge in [0.1, 0.15) is 12.6 Å². The molecule has 0 aromatic heterocycles. The van der Waals surface area contributed by atoms with Crippen LogP contribution in [0.15, 0.2) is 30.3 Å². The molecular formula is C25H40N2O4. The van der Waals surface area contributed by atoms with Crippen LogP contribution in [-0.4, -0.2) is 42.3 Å². The molecule has 0 radical (unpaired) electrons. The van der Waals surface area contributed by atoms with E-state index in [1.807, 2.05) is 37.3 Å². The van der Waals surface area contributed by atoms with Gasteiger partial charge in [-0.1, -0.05) is 75.8 Å². The summed E-state index contributed by atoms with van der Waals surface area (Å²) in [5.41, 5.74) is 0.880. The van der Waals surface area contributed by atoms with Gasteiger partial charge >= 0.3 is 5.97 Å². The van der Waals surface area contributed by atoms with E-state index in [1.54, 1.807) is 11.9 Å². The lowest BCUT2D eigenvalue weighted by Gasteiger charge is -2.20. The fourth-order valence-corrected chi connectivity index (χ4v) is 3.22. The number of rotatable bonds is 16. The van der Waals surface area contributed by atoms with Gasteiger partial charge in [-0.15, -0.1) is 0 Å². The molecule has 174 valence electrons. The summed E-state index contributed by atoms with van der Waals surface area (Å²) in [5.74, 6) is -0.708. The summed E-state index contributed by atoms with van der Waals surface area (Å²) in [7, 11) is 1.73. The first-order valence-electron chi connectivity index (χ1n) is 11.7. The SMILES string of the molecule is CCCCCCCCCC(=O)NC(CCC(=O)N(C)CC)C(=O)OCc1ccccc1. The van der Waals surface area contributed by atoms with Crippen molar-refractivity contribution in [2.45, 2.75) is 90.7 Å². The minimum absolute atomic E-state index is 0.0512. The van der Waals surface area contributed by atoms with Crippen LogP contribution in [0, 0.1) is 0 Å². The monoisotopic (exact) mass is 432 g/mol. The van der Waals surface area contributed by atoms with E-state index in [9.17, 15) is 14.4 Å².